The minimum Gasteiger partial charge on any atom is -0.339 e. The number of amides is 1. The normalized spacial score (nSPS) is 17.4. The smallest absolute Gasteiger partial charge is 0.264 e. The molecule has 0 bridgehead atoms. The van der Waals surface area contributed by atoms with Gasteiger partial charge >= 0.3 is 0 Å². The van der Waals surface area contributed by atoms with Gasteiger partial charge in [0.15, 0.2) is 0 Å². The second kappa shape index (κ2) is 9.48. The average molecular weight is 500 g/mol. The van der Waals surface area contributed by atoms with E-state index >= 15 is 0 Å². The van der Waals surface area contributed by atoms with Gasteiger partial charge in [-0.15, -0.1) is 11.3 Å². The van der Waals surface area contributed by atoms with Gasteiger partial charge in [-0.05, 0) is 72.7 Å². The first kappa shape index (κ1) is 23.0. The zero-order valence-corrected chi connectivity index (χ0v) is 20.2. The summed E-state index contributed by atoms with van der Waals surface area (Å²) in [6.07, 6.45) is 3.01. The van der Waals surface area contributed by atoms with Crippen molar-refractivity contribution in [3.8, 4) is 0 Å². The average Bonchev–Trinajstić information content (AvgIpc) is 3.32. The number of anilines is 1. The topological polar surface area (TPSA) is 69.7 Å². The summed E-state index contributed by atoms with van der Waals surface area (Å²) in [5.74, 6) is -0.869. The quantitative estimate of drug-likeness (QED) is 0.567. The van der Waals surface area contributed by atoms with Gasteiger partial charge in [0.25, 0.3) is 15.9 Å². The summed E-state index contributed by atoms with van der Waals surface area (Å²) in [5, 5.41) is 2.17. The van der Waals surface area contributed by atoms with Gasteiger partial charge in [0.1, 0.15) is 10.7 Å². The minimum absolute atomic E-state index is 0.0549. The molecule has 34 heavy (non-hydrogen) atoms. The highest BCUT2D eigenvalue weighted by Gasteiger charge is 2.29. The van der Waals surface area contributed by atoms with Crippen LogP contribution in [0, 0.1) is 5.82 Å². The molecule has 0 unspecified atom stereocenters. The molecule has 0 spiro atoms. The van der Waals surface area contributed by atoms with Gasteiger partial charge in [-0.2, -0.15) is 0 Å². The zero-order valence-electron chi connectivity index (χ0n) is 18.6. The van der Waals surface area contributed by atoms with Crippen molar-refractivity contribution in [2.45, 2.75) is 36.7 Å². The van der Waals surface area contributed by atoms with Crippen LogP contribution in [0.25, 0.3) is 0 Å². The summed E-state index contributed by atoms with van der Waals surface area (Å²) < 4.78 is 41.2. The number of carbonyl (C=O) groups excluding carboxylic acids is 1. The standard InChI is InChI=1S/C25H26FN3O3S2/c26-22-3-1-2-4-24(22)34(31,32)27-20-7-5-18(6-8-20)25(30)28-13-9-21(10-14-28)29-15-11-23-19(17-29)12-16-33-23/h1-8,12,16,21,27H,9-11,13-15,17H2. The molecule has 0 atom stereocenters. The van der Waals surface area contributed by atoms with Crippen LogP contribution < -0.4 is 4.72 Å². The van der Waals surface area contributed by atoms with Crippen molar-refractivity contribution in [2.75, 3.05) is 24.4 Å². The lowest BCUT2D eigenvalue weighted by Gasteiger charge is -2.40. The van der Waals surface area contributed by atoms with Crippen molar-refractivity contribution >= 4 is 33.0 Å². The highest BCUT2D eigenvalue weighted by molar-refractivity contribution is 7.92. The molecule has 2 aliphatic rings. The Morgan fingerprint density at radius 3 is 2.47 bits per heavy atom. The summed E-state index contributed by atoms with van der Waals surface area (Å²) in [6.45, 7) is 3.49. The van der Waals surface area contributed by atoms with Crippen LogP contribution in [-0.4, -0.2) is 49.8 Å². The fraction of sp³-hybridized carbons (Fsp3) is 0.320. The van der Waals surface area contributed by atoms with Crippen LogP contribution in [0.2, 0.25) is 0 Å². The largest absolute Gasteiger partial charge is 0.339 e. The van der Waals surface area contributed by atoms with Crippen molar-refractivity contribution in [2.24, 2.45) is 0 Å². The first-order valence-corrected chi connectivity index (χ1v) is 13.7. The monoisotopic (exact) mass is 499 g/mol. The Morgan fingerprint density at radius 2 is 1.74 bits per heavy atom. The molecule has 0 radical (unpaired) electrons. The van der Waals surface area contributed by atoms with Crippen molar-refractivity contribution in [3.05, 3.63) is 81.8 Å². The summed E-state index contributed by atoms with van der Waals surface area (Å²) in [7, 11) is -4.05. The number of piperidine rings is 1. The van der Waals surface area contributed by atoms with E-state index in [-0.39, 0.29) is 11.6 Å². The lowest BCUT2D eigenvalue weighted by atomic mass is 9.99. The lowest BCUT2D eigenvalue weighted by molar-refractivity contribution is 0.0600. The van der Waals surface area contributed by atoms with Crippen LogP contribution in [0.3, 0.4) is 0 Å². The number of benzene rings is 2. The molecule has 1 aromatic heterocycles. The number of sulfonamides is 1. The summed E-state index contributed by atoms with van der Waals surface area (Å²) in [6, 6.07) is 14.2. The van der Waals surface area contributed by atoms with E-state index in [0.717, 1.165) is 38.4 Å². The highest BCUT2D eigenvalue weighted by atomic mass is 32.2. The third-order valence-corrected chi connectivity index (χ3v) is 9.05. The Morgan fingerprint density at radius 1 is 1.00 bits per heavy atom. The third kappa shape index (κ3) is 4.73. The molecule has 9 heteroatoms. The molecular weight excluding hydrogens is 473 g/mol. The minimum atomic E-state index is -4.05. The zero-order chi connectivity index (χ0) is 23.7. The molecule has 1 amide bonds. The SMILES string of the molecule is O=C(c1ccc(NS(=O)(=O)c2ccccc2F)cc1)N1CCC(N2CCc3sccc3C2)CC1. The maximum Gasteiger partial charge on any atom is 0.264 e. The van der Waals surface area contributed by atoms with Crippen molar-refractivity contribution in [1.82, 2.24) is 9.80 Å². The Hall–Kier alpha value is -2.75. The molecule has 2 aliphatic heterocycles. The Balaban J connectivity index is 1.18. The summed E-state index contributed by atoms with van der Waals surface area (Å²) in [5.41, 5.74) is 2.23. The number of carbonyl (C=O) groups is 1. The number of hydrogen-bond donors (Lipinski definition) is 1. The van der Waals surface area contributed by atoms with Crippen LogP contribution in [0.4, 0.5) is 10.1 Å². The molecule has 3 aromatic rings. The van der Waals surface area contributed by atoms with Gasteiger partial charge in [-0.3, -0.25) is 14.4 Å². The molecule has 178 valence electrons. The first-order chi connectivity index (χ1) is 16.4. The van der Waals surface area contributed by atoms with Gasteiger partial charge in [0, 0.05) is 48.3 Å². The third-order valence-electron chi connectivity index (χ3n) is 6.62. The number of rotatable bonds is 5. The van der Waals surface area contributed by atoms with E-state index in [1.807, 2.05) is 16.2 Å². The predicted octanol–water partition coefficient (Wildman–Crippen LogP) is 4.35. The van der Waals surface area contributed by atoms with Crippen LogP contribution in [0.5, 0.6) is 0 Å². The number of hydrogen-bond acceptors (Lipinski definition) is 5. The van der Waals surface area contributed by atoms with E-state index in [1.165, 1.54) is 40.8 Å². The molecule has 3 heterocycles. The number of nitrogens with zero attached hydrogens (tertiary/aromatic N) is 2. The van der Waals surface area contributed by atoms with E-state index < -0.39 is 20.7 Å². The molecule has 1 fully saturated rings. The Kier molecular flexibility index (Phi) is 6.42. The molecule has 1 N–H and O–H groups in total. The van der Waals surface area contributed by atoms with Gasteiger partial charge in [0.05, 0.1) is 0 Å². The molecule has 2 aromatic carbocycles. The van der Waals surface area contributed by atoms with E-state index in [4.69, 9.17) is 0 Å². The van der Waals surface area contributed by atoms with Crippen LogP contribution in [-0.2, 0) is 23.0 Å². The van der Waals surface area contributed by atoms with Crippen LogP contribution >= 0.6 is 11.3 Å². The molecular formula is C25H26FN3O3S2. The molecule has 0 saturated carbocycles. The van der Waals surface area contributed by atoms with Gasteiger partial charge in [0.2, 0.25) is 0 Å². The molecule has 6 nitrogen and oxygen atoms in total. The van der Waals surface area contributed by atoms with Crippen molar-refractivity contribution in [1.29, 1.82) is 0 Å². The van der Waals surface area contributed by atoms with E-state index in [9.17, 15) is 17.6 Å². The van der Waals surface area contributed by atoms with E-state index in [1.54, 1.807) is 12.1 Å². The number of nitrogens with one attached hydrogen (secondary N) is 1. The first-order valence-electron chi connectivity index (χ1n) is 11.4. The van der Waals surface area contributed by atoms with Crippen LogP contribution in [0.1, 0.15) is 33.6 Å². The Bertz CT molecular complexity index is 1280. The van der Waals surface area contributed by atoms with Gasteiger partial charge in [-0.25, -0.2) is 12.8 Å². The second-order valence-electron chi connectivity index (χ2n) is 8.73. The number of thiophene rings is 1. The number of likely N-dealkylation sites (tertiary alicyclic amines) is 1. The second-order valence-corrected chi connectivity index (χ2v) is 11.4. The van der Waals surface area contributed by atoms with Gasteiger partial charge in [-0.1, -0.05) is 12.1 Å². The lowest BCUT2D eigenvalue weighted by Crippen LogP contribution is -2.47. The van der Waals surface area contributed by atoms with E-state index in [0.29, 0.717) is 24.7 Å². The fourth-order valence-corrected chi connectivity index (χ4v) is 6.78. The summed E-state index contributed by atoms with van der Waals surface area (Å²) >= 11 is 1.85. The molecule has 5 rings (SSSR count). The van der Waals surface area contributed by atoms with Crippen molar-refractivity contribution < 1.29 is 17.6 Å². The van der Waals surface area contributed by atoms with Crippen LogP contribution in [0.15, 0.2) is 64.9 Å². The van der Waals surface area contributed by atoms with Crippen molar-refractivity contribution in [3.63, 3.8) is 0 Å². The van der Waals surface area contributed by atoms with E-state index in [2.05, 4.69) is 21.1 Å². The molecule has 1 saturated heterocycles. The Labute approximate surface area is 203 Å². The fourth-order valence-electron chi connectivity index (χ4n) is 4.75. The number of halogens is 1. The highest BCUT2D eigenvalue weighted by Crippen LogP contribution is 2.28. The van der Waals surface area contributed by atoms with Gasteiger partial charge < -0.3 is 4.90 Å². The maximum atomic E-state index is 13.9. The molecule has 0 aliphatic carbocycles. The number of fused-ring (bicyclic) bond motifs is 1. The maximum absolute atomic E-state index is 13.9. The summed E-state index contributed by atoms with van der Waals surface area (Å²) in [4.78, 5) is 18.5. The predicted molar refractivity (Wildman–Crippen MR) is 131 cm³/mol.